The fraction of sp³-hybridized carbons (Fsp3) is 0.400. The number of nitrogens with one attached hydrogen (secondary N) is 1. The number of oxazole rings is 1. The number of rotatable bonds is 7. The van der Waals surface area contributed by atoms with Crippen LogP contribution in [-0.2, 0) is 16.8 Å². The van der Waals surface area contributed by atoms with E-state index in [9.17, 15) is 8.42 Å². The lowest BCUT2D eigenvalue weighted by molar-refractivity contribution is 0.317. The maximum atomic E-state index is 13.2. The van der Waals surface area contributed by atoms with Crippen LogP contribution in [0.25, 0.3) is 11.5 Å². The van der Waals surface area contributed by atoms with E-state index in [1.165, 1.54) is 10.6 Å². The van der Waals surface area contributed by atoms with E-state index >= 15 is 0 Å². The van der Waals surface area contributed by atoms with Gasteiger partial charge in [-0.25, -0.2) is 9.71 Å². The summed E-state index contributed by atoms with van der Waals surface area (Å²) < 4.78 is 41.0. The Morgan fingerprint density at radius 1 is 1.17 bits per heavy atom. The zero-order chi connectivity index (χ0) is 20.4. The second-order valence-corrected chi connectivity index (χ2v) is 8.97. The maximum Gasteiger partial charge on any atom is 0.304 e. The summed E-state index contributed by atoms with van der Waals surface area (Å²) in [7, 11) is -3.80. The van der Waals surface area contributed by atoms with Gasteiger partial charge in [-0.05, 0) is 44.4 Å². The summed E-state index contributed by atoms with van der Waals surface area (Å²) in [6.07, 6.45) is 6.88. The predicted molar refractivity (Wildman–Crippen MR) is 108 cm³/mol. The fourth-order valence-corrected chi connectivity index (χ4v) is 5.05. The molecule has 1 fully saturated rings. The van der Waals surface area contributed by atoms with Crippen molar-refractivity contribution >= 4 is 16.1 Å². The van der Waals surface area contributed by atoms with Crippen molar-refractivity contribution in [2.75, 3.05) is 4.72 Å². The number of aryl methyl sites for hydroxylation is 1. The summed E-state index contributed by atoms with van der Waals surface area (Å²) in [5, 5.41) is 3.84. The van der Waals surface area contributed by atoms with Crippen LogP contribution in [-0.4, -0.2) is 28.9 Å². The molecule has 1 aliphatic rings. The van der Waals surface area contributed by atoms with Crippen molar-refractivity contribution in [2.24, 2.45) is 0 Å². The summed E-state index contributed by atoms with van der Waals surface area (Å²) in [5.74, 6) is 0.708. The van der Waals surface area contributed by atoms with Gasteiger partial charge >= 0.3 is 10.2 Å². The Balaban J connectivity index is 1.57. The van der Waals surface area contributed by atoms with Gasteiger partial charge < -0.3 is 8.94 Å². The summed E-state index contributed by atoms with van der Waals surface area (Å²) >= 11 is 0. The Hall–Kier alpha value is -2.65. The van der Waals surface area contributed by atoms with E-state index in [0.29, 0.717) is 17.1 Å². The average molecular weight is 417 g/mol. The lowest BCUT2D eigenvalue weighted by Gasteiger charge is -2.28. The minimum Gasteiger partial charge on any atom is -0.445 e. The largest absolute Gasteiger partial charge is 0.445 e. The summed E-state index contributed by atoms with van der Waals surface area (Å²) in [4.78, 5) is 4.14. The highest BCUT2D eigenvalue weighted by Gasteiger charge is 2.33. The molecule has 2 aromatic heterocycles. The molecule has 0 amide bonds. The molecule has 0 radical (unpaired) electrons. The van der Waals surface area contributed by atoms with Crippen LogP contribution >= 0.6 is 0 Å². The molecule has 3 aromatic rings. The molecule has 2 heterocycles. The predicted octanol–water partition coefficient (Wildman–Crippen LogP) is 4.05. The Bertz CT molecular complexity index is 1050. The van der Waals surface area contributed by atoms with Gasteiger partial charge in [0, 0.05) is 23.7 Å². The van der Waals surface area contributed by atoms with E-state index in [1.54, 1.807) is 20.0 Å². The third-order valence-electron chi connectivity index (χ3n) is 5.39. The SMILES string of the molecule is Cc1noc(NS(=O)(=O)N(Cc2ccc(-c3ncco3)cc2)C2CCCC2)c1C. The quantitative estimate of drug-likeness (QED) is 0.623. The van der Waals surface area contributed by atoms with Gasteiger partial charge in [0.05, 0.1) is 11.9 Å². The van der Waals surface area contributed by atoms with Crippen LogP contribution in [0.5, 0.6) is 0 Å². The van der Waals surface area contributed by atoms with Crippen molar-refractivity contribution in [3.8, 4) is 11.5 Å². The lowest BCUT2D eigenvalue weighted by Crippen LogP contribution is -2.41. The van der Waals surface area contributed by atoms with Crippen molar-refractivity contribution in [1.29, 1.82) is 0 Å². The van der Waals surface area contributed by atoms with Crippen LogP contribution in [0.4, 0.5) is 5.88 Å². The van der Waals surface area contributed by atoms with Crippen LogP contribution in [0.15, 0.2) is 45.7 Å². The van der Waals surface area contributed by atoms with E-state index in [4.69, 9.17) is 8.94 Å². The molecule has 8 nitrogen and oxygen atoms in total. The molecule has 9 heteroatoms. The van der Waals surface area contributed by atoms with Gasteiger partial charge in [0.1, 0.15) is 6.26 Å². The minimum absolute atomic E-state index is 0.0387. The van der Waals surface area contributed by atoms with Gasteiger partial charge in [0.15, 0.2) is 0 Å². The summed E-state index contributed by atoms with van der Waals surface area (Å²) in [5.41, 5.74) is 3.09. The summed E-state index contributed by atoms with van der Waals surface area (Å²) in [6.45, 7) is 3.84. The Morgan fingerprint density at radius 2 is 1.90 bits per heavy atom. The standard InChI is InChI=1S/C20H24N4O4S/c1-14-15(2)22-28-19(14)23-29(25,26)24(18-5-3-4-6-18)13-16-7-9-17(10-8-16)20-21-11-12-27-20/h7-12,18,23H,3-6,13H2,1-2H3. The van der Waals surface area contributed by atoms with Crippen LogP contribution in [0.1, 0.15) is 42.5 Å². The molecule has 0 saturated heterocycles. The van der Waals surface area contributed by atoms with E-state index in [2.05, 4.69) is 14.9 Å². The topological polar surface area (TPSA) is 101 Å². The third-order valence-corrected chi connectivity index (χ3v) is 6.88. The Kier molecular flexibility index (Phi) is 5.42. The number of anilines is 1. The van der Waals surface area contributed by atoms with Crippen LogP contribution < -0.4 is 4.72 Å². The molecule has 154 valence electrons. The van der Waals surface area contributed by atoms with E-state index in [0.717, 1.165) is 36.8 Å². The number of benzene rings is 1. The van der Waals surface area contributed by atoms with Crippen molar-refractivity contribution in [3.63, 3.8) is 0 Å². The minimum atomic E-state index is -3.80. The van der Waals surface area contributed by atoms with E-state index in [1.807, 2.05) is 24.3 Å². The van der Waals surface area contributed by atoms with Crippen molar-refractivity contribution in [3.05, 3.63) is 53.5 Å². The Labute approximate surface area is 170 Å². The number of hydrogen-bond donors (Lipinski definition) is 1. The molecular formula is C20H24N4O4S. The molecule has 0 unspecified atom stereocenters. The highest BCUT2D eigenvalue weighted by molar-refractivity contribution is 7.90. The smallest absolute Gasteiger partial charge is 0.304 e. The molecule has 0 spiro atoms. The van der Waals surface area contributed by atoms with E-state index < -0.39 is 10.2 Å². The van der Waals surface area contributed by atoms with Gasteiger partial charge in [-0.15, -0.1) is 0 Å². The molecule has 0 atom stereocenters. The maximum absolute atomic E-state index is 13.2. The number of aromatic nitrogens is 2. The van der Waals surface area contributed by atoms with Gasteiger partial charge in [-0.1, -0.05) is 30.1 Å². The van der Waals surface area contributed by atoms with Crippen LogP contribution in [0.2, 0.25) is 0 Å². The first-order valence-electron chi connectivity index (χ1n) is 9.65. The highest BCUT2D eigenvalue weighted by Crippen LogP contribution is 2.29. The first-order valence-corrected chi connectivity index (χ1v) is 11.1. The second kappa shape index (κ2) is 8.00. The fourth-order valence-electron chi connectivity index (χ4n) is 3.59. The molecule has 1 aromatic carbocycles. The van der Waals surface area contributed by atoms with Gasteiger partial charge in [0.25, 0.3) is 0 Å². The van der Waals surface area contributed by atoms with Gasteiger partial charge in [0.2, 0.25) is 11.8 Å². The van der Waals surface area contributed by atoms with E-state index in [-0.39, 0.29) is 18.5 Å². The first kappa shape index (κ1) is 19.7. The van der Waals surface area contributed by atoms with Crippen molar-refractivity contribution < 1.29 is 17.4 Å². The molecule has 0 aliphatic heterocycles. The normalized spacial score (nSPS) is 15.3. The monoisotopic (exact) mass is 416 g/mol. The van der Waals surface area contributed by atoms with Crippen molar-refractivity contribution in [1.82, 2.24) is 14.4 Å². The zero-order valence-electron chi connectivity index (χ0n) is 16.5. The highest BCUT2D eigenvalue weighted by atomic mass is 32.2. The summed E-state index contributed by atoms with van der Waals surface area (Å²) in [6, 6.07) is 7.54. The van der Waals surface area contributed by atoms with Crippen LogP contribution in [0, 0.1) is 13.8 Å². The number of nitrogens with zero attached hydrogens (tertiary/aromatic N) is 3. The molecule has 1 N–H and O–H groups in total. The number of hydrogen-bond acceptors (Lipinski definition) is 6. The zero-order valence-corrected chi connectivity index (χ0v) is 17.3. The molecule has 1 saturated carbocycles. The average Bonchev–Trinajstić information content (AvgIpc) is 3.47. The third kappa shape index (κ3) is 4.20. The second-order valence-electron chi connectivity index (χ2n) is 7.35. The first-order chi connectivity index (χ1) is 13.9. The molecule has 0 bridgehead atoms. The lowest BCUT2D eigenvalue weighted by atomic mass is 10.1. The molecule has 4 rings (SSSR count). The van der Waals surface area contributed by atoms with Gasteiger partial charge in [-0.3, -0.25) is 0 Å². The van der Waals surface area contributed by atoms with Crippen LogP contribution in [0.3, 0.4) is 0 Å². The molecular weight excluding hydrogens is 392 g/mol. The van der Waals surface area contributed by atoms with Crippen molar-refractivity contribution in [2.45, 2.75) is 52.1 Å². The molecule has 1 aliphatic carbocycles. The molecule has 29 heavy (non-hydrogen) atoms. The Morgan fingerprint density at radius 3 is 2.48 bits per heavy atom. The van der Waals surface area contributed by atoms with Gasteiger partial charge in [-0.2, -0.15) is 12.7 Å².